The van der Waals surface area contributed by atoms with Gasteiger partial charge in [0.25, 0.3) is 0 Å². The summed E-state index contributed by atoms with van der Waals surface area (Å²) in [6, 6.07) is 7.99. The number of fused-ring (bicyclic) bond motifs is 1. The van der Waals surface area contributed by atoms with Crippen LogP contribution in [0, 0.1) is 0 Å². The second-order valence-electron chi connectivity index (χ2n) is 9.20. The lowest BCUT2D eigenvalue weighted by Gasteiger charge is -2.37. The van der Waals surface area contributed by atoms with Crippen molar-refractivity contribution in [2.24, 2.45) is 4.99 Å². The Labute approximate surface area is 206 Å². The van der Waals surface area contributed by atoms with E-state index in [1.165, 1.54) is 24.4 Å². The highest BCUT2D eigenvalue weighted by molar-refractivity contribution is 8.16. The standard InChI is InChI=1S/C26H34N4O3S/c1-6-28-11-13-29(14-12-28)22(31)15-21-16-34-26-27-18(4)23(25(32)33-5)24(30(21)26)20-9-7-19(8-10-20)17(2)3/h7-10,16-17,24H,6,11-15H2,1-5H3/t24-/m0/s1. The van der Waals surface area contributed by atoms with Gasteiger partial charge in [-0.25, -0.2) is 9.79 Å². The highest BCUT2D eigenvalue weighted by atomic mass is 32.2. The SMILES string of the molecule is CCN1CCN(C(=O)CC2=CSC3=NC(C)=C(C(=O)OC)[C@H](c4ccc(C(C)C)cc4)N23)CC1. The molecule has 0 unspecified atom stereocenters. The van der Waals surface area contributed by atoms with E-state index in [4.69, 9.17) is 9.73 Å². The van der Waals surface area contributed by atoms with Crippen molar-refractivity contribution in [2.45, 2.75) is 46.1 Å². The van der Waals surface area contributed by atoms with Crippen LogP contribution in [0.2, 0.25) is 0 Å². The third-order valence-corrected chi connectivity index (χ3v) is 7.72. The van der Waals surface area contributed by atoms with Crippen molar-refractivity contribution in [2.75, 3.05) is 39.8 Å². The normalized spacial score (nSPS) is 20.9. The number of hydrogen-bond acceptors (Lipinski definition) is 7. The molecule has 1 aromatic rings. The molecule has 1 saturated heterocycles. The molecule has 1 atom stereocenters. The molecule has 1 amide bonds. The molecule has 1 aromatic carbocycles. The van der Waals surface area contributed by atoms with Crippen LogP contribution in [-0.4, -0.2) is 71.6 Å². The number of carbonyl (C=O) groups is 2. The van der Waals surface area contributed by atoms with Crippen LogP contribution in [0.25, 0.3) is 0 Å². The van der Waals surface area contributed by atoms with Crippen molar-refractivity contribution in [3.05, 3.63) is 57.8 Å². The number of amides is 1. The molecular formula is C26H34N4O3S. The lowest BCUT2D eigenvalue weighted by atomic mass is 9.92. The number of piperazine rings is 1. The summed E-state index contributed by atoms with van der Waals surface area (Å²) in [6.45, 7) is 12.7. The second-order valence-corrected chi connectivity index (χ2v) is 10.0. The van der Waals surface area contributed by atoms with Gasteiger partial charge >= 0.3 is 5.97 Å². The maximum Gasteiger partial charge on any atom is 0.338 e. The molecule has 0 saturated carbocycles. The minimum absolute atomic E-state index is 0.114. The summed E-state index contributed by atoms with van der Waals surface area (Å²) in [7, 11) is 1.40. The van der Waals surface area contributed by atoms with E-state index in [2.05, 4.69) is 54.8 Å². The van der Waals surface area contributed by atoms with Crippen LogP contribution in [0.15, 0.2) is 51.6 Å². The van der Waals surface area contributed by atoms with Gasteiger partial charge in [-0.05, 0) is 35.9 Å². The number of ether oxygens (including phenoxy) is 1. The summed E-state index contributed by atoms with van der Waals surface area (Å²) in [4.78, 5) is 37.2. The molecule has 182 valence electrons. The first-order chi connectivity index (χ1) is 16.3. The molecule has 3 heterocycles. The number of amidine groups is 1. The number of rotatable bonds is 6. The first-order valence-electron chi connectivity index (χ1n) is 12.0. The Balaban J connectivity index is 1.63. The molecule has 34 heavy (non-hydrogen) atoms. The quantitative estimate of drug-likeness (QED) is 0.569. The number of benzene rings is 1. The number of esters is 1. The monoisotopic (exact) mass is 482 g/mol. The number of allylic oxidation sites excluding steroid dienone is 1. The van der Waals surface area contributed by atoms with Gasteiger partial charge in [0.2, 0.25) is 5.91 Å². The Bertz CT molecular complexity index is 1040. The van der Waals surface area contributed by atoms with Crippen LogP contribution in [0.1, 0.15) is 57.2 Å². The molecule has 0 bridgehead atoms. The van der Waals surface area contributed by atoms with Crippen molar-refractivity contribution in [3.8, 4) is 0 Å². The summed E-state index contributed by atoms with van der Waals surface area (Å²) in [6.07, 6.45) is 0.284. The Morgan fingerprint density at radius 1 is 1.15 bits per heavy atom. The number of aliphatic imine (C=N–C) groups is 1. The van der Waals surface area contributed by atoms with Crippen LogP contribution in [0.5, 0.6) is 0 Å². The molecule has 0 aliphatic carbocycles. The van der Waals surface area contributed by atoms with E-state index in [0.29, 0.717) is 17.2 Å². The van der Waals surface area contributed by atoms with Gasteiger partial charge in [-0.1, -0.05) is 56.8 Å². The molecule has 7 nitrogen and oxygen atoms in total. The van der Waals surface area contributed by atoms with Crippen LogP contribution in [0.3, 0.4) is 0 Å². The predicted molar refractivity (Wildman–Crippen MR) is 136 cm³/mol. The number of methoxy groups -OCH3 is 1. The number of hydrogen-bond donors (Lipinski definition) is 0. The number of nitrogens with zero attached hydrogens (tertiary/aromatic N) is 4. The van der Waals surface area contributed by atoms with E-state index >= 15 is 0 Å². The maximum absolute atomic E-state index is 13.2. The smallest absolute Gasteiger partial charge is 0.338 e. The Morgan fingerprint density at radius 3 is 2.41 bits per heavy atom. The van der Waals surface area contributed by atoms with E-state index < -0.39 is 5.97 Å². The zero-order valence-corrected chi connectivity index (χ0v) is 21.5. The Morgan fingerprint density at radius 2 is 1.82 bits per heavy atom. The first-order valence-corrected chi connectivity index (χ1v) is 12.8. The molecule has 1 fully saturated rings. The van der Waals surface area contributed by atoms with Crippen molar-refractivity contribution < 1.29 is 14.3 Å². The molecule has 0 aromatic heterocycles. The highest BCUT2D eigenvalue weighted by Gasteiger charge is 2.41. The van der Waals surface area contributed by atoms with Crippen LogP contribution in [0.4, 0.5) is 0 Å². The zero-order chi connectivity index (χ0) is 24.4. The molecule has 4 rings (SSSR count). The van der Waals surface area contributed by atoms with Gasteiger partial charge in [0, 0.05) is 31.9 Å². The van der Waals surface area contributed by atoms with Gasteiger partial charge in [0.05, 0.1) is 30.8 Å². The fourth-order valence-electron chi connectivity index (χ4n) is 4.70. The van der Waals surface area contributed by atoms with Crippen molar-refractivity contribution in [3.63, 3.8) is 0 Å². The zero-order valence-electron chi connectivity index (χ0n) is 20.7. The third-order valence-electron chi connectivity index (χ3n) is 6.83. The number of likely N-dealkylation sites (N-methyl/N-ethyl adjacent to an activating group) is 1. The molecule has 0 radical (unpaired) electrons. The topological polar surface area (TPSA) is 65.4 Å². The van der Waals surface area contributed by atoms with Gasteiger partial charge in [-0.3, -0.25) is 4.79 Å². The molecule has 3 aliphatic heterocycles. The van der Waals surface area contributed by atoms with E-state index in [9.17, 15) is 9.59 Å². The van der Waals surface area contributed by atoms with Gasteiger partial charge in [-0.15, -0.1) is 0 Å². The van der Waals surface area contributed by atoms with Crippen LogP contribution in [-0.2, 0) is 14.3 Å². The van der Waals surface area contributed by atoms with Gasteiger partial charge < -0.3 is 19.4 Å². The molecule has 3 aliphatic rings. The van der Waals surface area contributed by atoms with Gasteiger partial charge in [0.1, 0.15) is 0 Å². The Kier molecular flexibility index (Phi) is 7.48. The molecule has 0 spiro atoms. The average Bonchev–Trinajstić information content (AvgIpc) is 3.24. The number of carbonyl (C=O) groups excluding carboxylic acids is 2. The van der Waals surface area contributed by atoms with Crippen molar-refractivity contribution in [1.29, 1.82) is 0 Å². The van der Waals surface area contributed by atoms with E-state index in [-0.39, 0.29) is 18.4 Å². The first kappa shape index (κ1) is 24.5. The summed E-state index contributed by atoms with van der Waals surface area (Å²) >= 11 is 1.51. The second kappa shape index (κ2) is 10.4. The largest absolute Gasteiger partial charge is 0.466 e. The van der Waals surface area contributed by atoms with E-state index in [1.807, 2.05) is 17.2 Å². The van der Waals surface area contributed by atoms with Crippen molar-refractivity contribution >= 4 is 28.8 Å². The average molecular weight is 483 g/mol. The highest BCUT2D eigenvalue weighted by Crippen LogP contribution is 2.45. The van der Waals surface area contributed by atoms with Crippen LogP contribution >= 0.6 is 11.8 Å². The molecule has 0 N–H and O–H groups in total. The summed E-state index contributed by atoms with van der Waals surface area (Å²) in [5, 5.41) is 2.80. The fourth-order valence-corrected chi connectivity index (χ4v) is 5.66. The minimum Gasteiger partial charge on any atom is -0.466 e. The fraction of sp³-hybridized carbons (Fsp3) is 0.500. The maximum atomic E-state index is 13.2. The Hall–Kier alpha value is -2.58. The lowest BCUT2D eigenvalue weighted by Crippen LogP contribution is -2.49. The molecular weight excluding hydrogens is 448 g/mol. The summed E-state index contributed by atoms with van der Waals surface area (Å²) < 4.78 is 5.16. The van der Waals surface area contributed by atoms with Crippen molar-refractivity contribution in [1.82, 2.24) is 14.7 Å². The van der Waals surface area contributed by atoms with Gasteiger partial charge in [0.15, 0.2) is 5.17 Å². The summed E-state index contributed by atoms with van der Waals surface area (Å²) in [5.74, 6) is 0.138. The molecule has 8 heteroatoms. The third kappa shape index (κ3) is 4.79. The van der Waals surface area contributed by atoms with Gasteiger partial charge in [-0.2, -0.15) is 0 Å². The predicted octanol–water partition coefficient (Wildman–Crippen LogP) is 4.11. The minimum atomic E-state index is -0.392. The lowest BCUT2D eigenvalue weighted by molar-refractivity contribution is -0.136. The number of thioether (sulfide) groups is 1. The summed E-state index contributed by atoms with van der Waals surface area (Å²) in [5.41, 5.74) is 4.26. The van der Waals surface area contributed by atoms with Crippen LogP contribution < -0.4 is 0 Å². The van der Waals surface area contributed by atoms with E-state index in [0.717, 1.165) is 49.2 Å². The van der Waals surface area contributed by atoms with E-state index in [1.54, 1.807) is 0 Å².